The Morgan fingerprint density at radius 3 is 2.46 bits per heavy atom. The molecule has 9 heteroatoms. The third-order valence-corrected chi connectivity index (χ3v) is 8.07. The number of methoxy groups -OCH3 is 1. The van der Waals surface area contributed by atoms with Crippen LogP contribution in [0.4, 0.5) is 0 Å². The molecule has 3 aromatic carbocycles. The van der Waals surface area contributed by atoms with E-state index in [0.717, 1.165) is 27.8 Å². The van der Waals surface area contributed by atoms with Gasteiger partial charge in [0.15, 0.2) is 5.76 Å². The maximum absolute atomic E-state index is 13.0. The number of carbonyl (C=O) groups excluding carboxylic acids is 1. The fourth-order valence-electron chi connectivity index (χ4n) is 4.22. The van der Waals surface area contributed by atoms with Crippen molar-refractivity contribution in [2.75, 3.05) is 13.7 Å². The summed E-state index contributed by atoms with van der Waals surface area (Å²) in [6.07, 6.45) is 1.94. The zero-order valence-corrected chi connectivity index (χ0v) is 21.3. The van der Waals surface area contributed by atoms with E-state index in [4.69, 9.17) is 20.8 Å². The van der Waals surface area contributed by atoms with Crippen molar-refractivity contribution < 1.29 is 22.4 Å². The van der Waals surface area contributed by atoms with Gasteiger partial charge < -0.3 is 19.5 Å². The van der Waals surface area contributed by atoms with E-state index in [1.54, 1.807) is 7.11 Å². The van der Waals surface area contributed by atoms with Crippen molar-refractivity contribution in [1.82, 2.24) is 10.3 Å². The first kappa shape index (κ1) is 24.7. The van der Waals surface area contributed by atoms with Crippen molar-refractivity contribution in [2.24, 2.45) is 0 Å². The Kier molecular flexibility index (Phi) is 6.78. The van der Waals surface area contributed by atoms with E-state index in [1.165, 1.54) is 36.4 Å². The maximum Gasteiger partial charge on any atom is 0.287 e. The van der Waals surface area contributed by atoms with Gasteiger partial charge in [-0.1, -0.05) is 41.9 Å². The molecule has 0 spiro atoms. The Morgan fingerprint density at radius 1 is 1.00 bits per heavy atom. The van der Waals surface area contributed by atoms with Gasteiger partial charge in [0.25, 0.3) is 5.91 Å². The first-order valence-electron chi connectivity index (χ1n) is 11.5. The molecule has 2 aromatic heterocycles. The third-order valence-electron chi connectivity index (χ3n) is 6.18. The van der Waals surface area contributed by atoms with Crippen molar-refractivity contribution in [3.05, 3.63) is 113 Å². The van der Waals surface area contributed by atoms with Gasteiger partial charge in [0.05, 0.1) is 12.0 Å². The highest BCUT2D eigenvalue weighted by Crippen LogP contribution is 2.32. The van der Waals surface area contributed by atoms with Gasteiger partial charge in [-0.05, 0) is 65.7 Å². The molecular formula is C28H23ClN2O5S. The summed E-state index contributed by atoms with van der Waals surface area (Å²) in [5.41, 5.74) is 2.99. The van der Waals surface area contributed by atoms with Crippen LogP contribution in [0.3, 0.4) is 0 Å². The van der Waals surface area contributed by atoms with Gasteiger partial charge in [-0.25, -0.2) is 8.42 Å². The molecule has 5 rings (SSSR count). The van der Waals surface area contributed by atoms with Crippen molar-refractivity contribution >= 4 is 38.2 Å². The van der Waals surface area contributed by atoms with Crippen LogP contribution < -0.4 is 10.1 Å². The van der Waals surface area contributed by atoms with Crippen LogP contribution >= 0.6 is 11.6 Å². The number of furan rings is 1. The number of sulfone groups is 1. The predicted octanol–water partition coefficient (Wildman–Crippen LogP) is 5.82. The topological polar surface area (TPSA) is 101 Å². The smallest absolute Gasteiger partial charge is 0.287 e. The molecule has 0 aliphatic carbocycles. The van der Waals surface area contributed by atoms with Crippen LogP contribution in [0, 0.1) is 0 Å². The second kappa shape index (κ2) is 10.2. The van der Waals surface area contributed by atoms with Gasteiger partial charge in [0.2, 0.25) is 14.9 Å². The molecule has 188 valence electrons. The second-order valence-electron chi connectivity index (χ2n) is 8.40. The number of aromatic nitrogens is 1. The van der Waals surface area contributed by atoms with E-state index < -0.39 is 15.7 Å². The van der Waals surface area contributed by atoms with Crippen LogP contribution in [0.25, 0.3) is 10.9 Å². The molecule has 0 bridgehead atoms. The van der Waals surface area contributed by atoms with Crippen molar-refractivity contribution in [3.8, 4) is 5.75 Å². The number of aromatic amines is 1. The fourth-order valence-corrected chi connectivity index (χ4v) is 5.52. The lowest BCUT2D eigenvalue weighted by atomic mass is 9.90. The highest BCUT2D eigenvalue weighted by atomic mass is 35.5. The number of halogens is 1. The Bertz CT molecular complexity index is 1660. The van der Waals surface area contributed by atoms with Crippen molar-refractivity contribution in [2.45, 2.75) is 15.9 Å². The minimum absolute atomic E-state index is 0.0251. The zero-order chi connectivity index (χ0) is 26.0. The number of amides is 1. The number of H-pyrrole nitrogens is 1. The Hall–Kier alpha value is -4.01. The lowest BCUT2D eigenvalue weighted by molar-refractivity contribution is 0.0919. The minimum Gasteiger partial charge on any atom is -0.497 e. The van der Waals surface area contributed by atoms with E-state index in [-0.39, 0.29) is 28.2 Å². The summed E-state index contributed by atoms with van der Waals surface area (Å²) in [5, 5.41) is 4.05. The average Bonchev–Trinajstić information content (AvgIpc) is 3.58. The first-order valence-corrected chi connectivity index (χ1v) is 13.3. The number of hydrogen-bond donors (Lipinski definition) is 2. The number of carbonyl (C=O) groups is 1. The molecule has 0 aliphatic heterocycles. The molecular weight excluding hydrogens is 512 g/mol. The van der Waals surface area contributed by atoms with Gasteiger partial charge in [0, 0.05) is 34.6 Å². The van der Waals surface area contributed by atoms with Crippen LogP contribution in [-0.4, -0.2) is 33.0 Å². The highest BCUT2D eigenvalue weighted by molar-refractivity contribution is 7.91. The van der Waals surface area contributed by atoms with E-state index in [1.807, 2.05) is 54.7 Å². The average molecular weight is 535 g/mol. The lowest BCUT2D eigenvalue weighted by Crippen LogP contribution is -2.28. The molecule has 0 fully saturated rings. The van der Waals surface area contributed by atoms with E-state index >= 15 is 0 Å². The molecule has 0 saturated heterocycles. The maximum atomic E-state index is 13.0. The van der Waals surface area contributed by atoms with Gasteiger partial charge in [0.1, 0.15) is 5.75 Å². The molecule has 1 atom stereocenters. The van der Waals surface area contributed by atoms with Crippen LogP contribution in [0.15, 0.2) is 106 Å². The number of para-hydroxylation sites is 1. The molecule has 0 radical (unpaired) electrons. The van der Waals surface area contributed by atoms with E-state index in [0.29, 0.717) is 5.02 Å². The Labute approximate surface area is 219 Å². The van der Waals surface area contributed by atoms with Crippen LogP contribution in [0.2, 0.25) is 5.02 Å². The Morgan fingerprint density at radius 2 is 1.73 bits per heavy atom. The number of fused-ring (bicyclic) bond motifs is 1. The largest absolute Gasteiger partial charge is 0.497 e. The van der Waals surface area contributed by atoms with Gasteiger partial charge >= 0.3 is 0 Å². The van der Waals surface area contributed by atoms with Gasteiger partial charge in [-0.15, -0.1) is 0 Å². The predicted molar refractivity (Wildman–Crippen MR) is 141 cm³/mol. The Balaban J connectivity index is 1.39. The summed E-state index contributed by atoms with van der Waals surface area (Å²) in [6.45, 7) is 0.257. The van der Waals surface area contributed by atoms with Crippen LogP contribution in [0.5, 0.6) is 5.75 Å². The molecule has 1 unspecified atom stereocenters. The highest BCUT2D eigenvalue weighted by Gasteiger charge is 2.25. The molecule has 5 aromatic rings. The van der Waals surface area contributed by atoms with Crippen LogP contribution in [0.1, 0.15) is 27.6 Å². The summed E-state index contributed by atoms with van der Waals surface area (Å²) in [6, 6.07) is 24.0. The number of ether oxygens (including phenoxy) is 1. The second-order valence-corrected chi connectivity index (χ2v) is 10.7. The summed E-state index contributed by atoms with van der Waals surface area (Å²) in [7, 11) is -2.32. The summed E-state index contributed by atoms with van der Waals surface area (Å²) < 4.78 is 36.5. The summed E-state index contributed by atoms with van der Waals surface area (Å²) in [4.78, 5) is 16.3. The molecule has 2 N–H and O–H groups in total. The molecule has 7 nitrogen and oxygen atoms in total. The number of benzene rings is 3. The fraction of sp³-hybridized carbons (Fsp3) is 0.107. The molecule has 1 amide bonds. The van der Waals surface area contributed by atoms with Crippen molar-refractivity contribution in [1.29, 1.82) is 0 Å². The monoisotopic (exact) mass is 534 g/mol. The summed E-state index contributed by atoms with van der Waals surface area (Å²) >= 11 is 5.86. The lowest BCUT2D eigenvalue weighted by Gasteiger charge is -2.18. The number of rotatable bonds is 8. The first-order chi connectivity index (χ1) is 17.9. The van der Waals surface area contributed by atoms with Crippen molar-refractivity contribution in [3.63, 3.8) is 0 Å². The third kappa shape index (κ3) is 4.98. The molecule has 0 aliphatic rings. The SMILES string of the molecule is COc1ccc(C(CNC(=O)c2ccc(S(=O)(=O)c3ccc(Cl)cc3)o2)c2c[nH]c3ccccc23)cc1. The molecule has 2 heterocycles. The van der Waals surface area contributed by atoms with Gasteiger partial charge in [-0.2, -0.15) is 0 Å². The standard InChI is InChI=1S/C28H23ClN2O5S/c1-35-20-10-6-18(7-11-20)23(24-17-30-25-5-3-2-4-22(24)25)16-31-28(32)26-14-15-27(36-26)37(33,34)21-12-8-19(29)9-13-21/h2-15,17,23,30H,16H2,1H3,(H,31,32). The summed E-state index contributed by atoms with van der Waals surface area (Å²) in [5.74, 6) is -0.0652. The zero-order valence-electron chi connectivity index (χ0n) is 19.8. The number of nitrogens with one attached hydrogen (secondary N) is 2. The van der Waals surface area contributed by atoms with Gasteiger partial charge in [-0.3, -0.25) is 4.79 Å². The van der Waals surface area contributed by atoms with Crippen LogP contribution in [-0.2, 0) is 9.84 Å². The normalized spacial score (nSPS) is 12.4. The molecule has 0 saturated carbocycles. The quantitative estimate of drug-likeness (QED) is 0.261. The van der Waals surface area contributed by atoms with E-state index in [2.05, 4.69) is 10.3 Å². The number of hydrogen-bond acceptors (Lipinski definition) is 5. The minimum atomic E-state index is -3.93. The molecule has 37 heavy (non-hydrogen) atoms. The van der Waals surface area contributed by atoms with E-state index in [9.17, 15) is 13.2 Å².